The van der Waals surface area contributed by atoms with E-state index in [0.717, 1.165) is 24.4 Å². The number of nitrogens with one attached hydrogen (secondary N) is 2. The Morgan fingerprint density at radius 3 is 2.90 bits per heavy atom. The minimum Gasteiger partial charge on any atom is -0.335 e. The first kappa shape index (κ1) is 13.5. The van der Waals surface area contributed by atoms with Gasteiger partial charge in [-0.15, -0.1) is 0 Å². The highest BCUT2D eigenvalue weighted by molar-refractivity contribution is 7.99. The molecule has 1 aliphatic rings. The van der Waals surface area contributed by atoms with Crippen molar-refractivity contribution in [2.24, 2.45) is 0 Å². The fourth-order valence-electron chi connectivity index (χ4n) is 2.60. The van der Waals surface area contributed by atoms with Crippen molar-refractivity contribution >= 4 is 22.9 Å². The Labute approximate surface area is 120 Å². The fourth-order valence-corrected chi connectivity index (χ4v) is 3.86. The Morgan fingerprint density at radius 2 is 2.20 bits per heavy atom. The van der Waals surface area contributed by atoms with Crippen molar-refractivity contribution in [1.29, 1.82) is 0 Å². The third-order valence-electron chi connectivity index (χ3n) is 3.58. The van der Waals surface area contributed by atoms with Crippen LogP contribution < -0.4 is 11.2 Å². The lowest BCUT2D eigenvalue weighted by atomic mass is 10.2. The lowest BCUT2D eigenvalue weighted by Crippen LogP contribution is -2.30. The number of aryl methyl sites for hydroxylation is 1. The first-order valence-corrected chi connectivity index (χ1v) is 8.10. The summed E-state index contributed by atoms with van der Waals surface area (Å²) in [6, 6.07) is 0. The summed E-state index contributed by atoms with van der Waals surface area (Å²) in [5.74, 6) is 1.95. The Kier molecular flexibility index (Phi) is 3.69. The van der Waals surface area contributed by atoms with Gasteiger partial charge in [0.05, 0.1) is 5.25 Å². The molecule has 20 heavy (non-hydrogen) atoms. The van der Waals surface area contributed by atoms with Crippen LogP contribution in [0.5, 0.6) is 0 Å². The van der Waals surface area contributed by atoms with Gasteiger partial charge in [0.15, 0.2) is 5.65 Å². The van der Waals surface area contributed by atoms with Crippen LogP contribution in [0, 0.1) is 0 Å². The zero-order chi connectivity index (χ0) is 14.1. The molecule has 0 bridgehead atoms. The van der Waals surface area contributed by atoms with Crippen LogP contribution in [0.4, 0.5) is 0 Å². The normalized spacial score (nSPS) is 19.6. The molecule has 2 N–H and O–H groups in total. The van der Waals surface area contributed by atoms with Gasteiger partial charge in [-0.05, 0) is 25.0 Å². The second kappa shape index (κ2) is 5.47. The van der Waals surface area contributed by atoms with Crippen LogP contribution in [0.3, 0.4) is 0 Å². The topological polar surface area (TPSA) is 83.5 Å². The van der Waals surface area contributed by atoms with Crippen LogP contribution in [0.15, 0.2) is 9.59 Å². The molecule has 1 unspecified atom stereocenters. The predicted octanol–water partition coefficient (Wildman–Crippen LogP) is 1.78. The van der Waals surface area contributed by atoms with Gasteiger partial charge in [0.1, 0.15) is 11.3 Å². The third-order valence-corrected chi connectivity index (χ3v) is 4.97. The molecule has 2 aromatic heterocycles. The Balaban J connectivity index is 2.13. The Bertz CT molecular complexity index is 724. The molecule has 2 aromatic rings. The lowest BCUT2D eigenvalue weighted by Gasteiger charge is -2.18. The van der Waals surface area contributed by atoms with E-state index in [4.69, 9.17) is 0 Å². The number of nitrogens with zero attached hydrogens (tertiary/aromatic N) is 2. The monoisotopic (exact) mass is 294 g/mol. The van der Waals surface area contributed by atoms with Gasteiger partial charge in [-0.2, -0.15) is 11.8 Å². The molecule has 0 amide bonds. The predicted molar refractivity (Wildman–Crippen MR) is 80.3 cm³/mol. The average molecular weight is 294 g/mol. The summed E-state index contributed by atoms with van der Waals surface area (Å²) in [5.41, 5.74) is 0.150. The zero-order valence-corrected chi connectivity index (χ0v) is 12.3. The molecule has 108 valence electrons. The van der Waals surface area contributed by atoms with Crippen LogP contribution >= 0.6 is 11.8 Å². The molecule has 3 heterocycles. The van der Waals surface area contributed by atoms with Crippen molar-refractivity contribution in [1.82, 2.24) is 19.5 Å². The average Bonchev–Trinajstić information content (AvgIpc) is 2.90. The van der Waals surface area contributed by atoms with Crippen molar-refractivity contribution < 1.29 is 0 Å². The minimum absolute atomic E-state index is 0.306. The maximum Gasteiger partial charge on any atom is 0.330 e. The van der Waals surface area contributed by atoms with E-state index in [1.165, 1.54) is 12.8 Å². The zero-order valence-electron chi connectivity index (χ0n) is 11.4. The summed E-state index contributed by atoms with van der Waals surface area (Å²) >= 11 is 1.87. The van der Waals surface area contributed by atoms with Crippen LogP contribution in [0.25, 0.3) is 11.2 Å². The maximum atomic E-state index is 11.9. The smallest absolute Gasteiger partial charge is 0.330 e. The van der Waals surface area contributed by atoms with Crippen LogP contribution in [-0.4, -0.2) is 25.3 Å². The highest BCUT2D eigenvalue weighted by Gasteiger charge is 2.21. The molecule has 1 aliphatic heterocycles. The van der Waals surface area contributed by atoms with E-state index in [1.807, 2.05) is 18.7 Å². The van der Waals surface area contributed by atoms with Crippen LogP contribution in [0.1, 0.15) is 43.7 Å². The molecule has 0 radical (unpaired) electrons. The number of fused-ring (bicyclic) bond motifs is 1. The number of thioether (sulfide) groups is 1. The minimum atomic E-state index is -0.378. The third kappa shape index (κ3) is 2.30. The number of imidazole rings is 1. The molecule has 1 fully saturated rings. The second-order valence-electron chi connectivity index (χ2n) is 5.09. The van der Waals surface area contributed by atoms with Gasteiger partial charge in [0.2, 0.25) is 0 Å². The van der Waals surface area contributed by atoms with Gasteiger partial charge in [-0.1, -0.05) is 13.3 Å². The van der Waals surface area contributed by atoms with Gasteiger partial charge in [0, 0.05) is 6.54 Å². The second-order valence-corrected chi connectivity index (χ2v) is 6.40. The molecule has 0 spiro atoms. The summed E-state index contributed by atoms with van der Waals surface area (Å²) < 4.78 is 1.55. The SMILES string of the molecule is CCCn1c(=O)[nH]c(=O)c2[nH]c(C3CCCCS3)nc21. The van der Waals surface area contributed by atoms with Crippen molar-refractivity contribution in [3.63, 3.8) is 0 Å². The Hall–Kier alpha value is -1.50. The number of hydrogen-bond acceptors (Lipinski definition) is 4. The number of aromatic amines is 2. The van der Waals surface area contributed by atoms with Crippen molar-refractivity contribution in [2.45, 2.75) is 44.4 Å². The summed E-state index contributed by atoms with van der Waals surface area (Å²) in [4.78, 5) is 33.8. The van der Waals surface area contributed by atoms with Crippen LogP contribution in [0.2, 0.25) is 0 Å². The van der Waals surface area contributed by atoms with E-state index in [-0.39, 0.29) is 11.2 Å². The molecular weight excluding hydrogens is 276 g/mol. The van der Waals surface area contributed by atoms with E-state index in [0.29, 0.717) is 23.0 Å². The van der Waals surface area contributed by atoms with E-state index in [2.05, 4.69) is 15.0 Å². The largest absolute Gasteiger partial charge is 0.335 e. The van der Waals surface area contributed by atoms with E-state index >= 15 is 0 Å². The van der Waals surface area contributed by atoms with Gasteiger partial charge in [0.25, 0.3) is 5.56 Å². The lowest BCUT2D eigenvalue weighted by molar-refractivity contribution is 0.648. The van der Waals surface area contributed by atoms with Crippen molar-refractivity contribution in [3.05, 3.63) is 26.7 Å². The highest BCUT2D eigenvalue weighted by Crippen LogP contribution is 2.37. The summed E-state index contributed by atoms with van der Waals surface area (Å²) in [6.45, 7) is 2.56. The molecule has 1 atom stereocenters. The molecule has 0 aromatic carbocycles. The molecule has 0 saturated carbocycles. The first-order chi connectivity index (χ1) is 9.70. The van der Waals surface area contributed by atoms with Crippen molar-refractivity contribution in [3.8, 4) is 0 Å². The molecule has 7 heteroatoms. The fraction of sp³-hybridized carbons (Fsp3) is 0.615. The van der Waals surface area contributed by atoms with Crippen molar-refractivity contribution in [2.75, 3.05) is 5.75 Å². The van der Waals surface area contributed by atoms with E-state index in [1.54, 1.807) is 4.57 Å². The van der Waals surface area contributed by atoms with E-state index < -0.39 is 0 Å². The molecule has 1 saturated heterocycles. The van der Waals surface area contributed by atoms with Gasteiger partial charge >= 0.3 is 5.69 Å². The van der Waals surface area contributed by atoms with E-state index in [9.17, 15) is 9.59 Å². The number of aromatic nitrogens is 4. The number of rotatable bonds is 3. The van der Waals surface area contributed by atoms with Gasteiger partial charge < -0.3 is 4.98 Å². The summed E-state index contributed by atoms with van der Waals surface area (Å²) in [6.07, 6.45) is 4.32. The first-order valence-electron chi connectivity index (χ1n) is 7.05. The molecule has 3 rings (SSSR count). The Morgan fingerprint density at radius 1 is 1.35 bits per heavy atom. The molecule has 0 aliphatic carbocycles. The van der Waals surface area contributed by atoms with Crippen LogP contribution in [-0.2, 0) is 6.54 Å². The quantitative estimate of drug-likeness (QED) is 0.904. The van der Waals surface area contributed by atoms with Gasteiger partial charge in [-0.25, -0.2) is 9.78 Å². The summed E-state index contributed by atoms with van der Waals surface area (Å²) in [7, 11) is 0. The molecular formula is C13H18N4O2S. The number of H-pyrrole nitrogens is 2. The maximum absolute atomic E-state index is 11.9. The standard InChI is InChI=1S/C13H18N4O2S/c1-2-6-17-11-9(12(18)16-13(17)19)14-10(15-11)8-5-3-4-7-20-8/h8H,2-7H2,1H3,(H,14,15)(H,16,18,19). The van der Waals surface area contributed by atoms with Gasteiger partial charge in [-0.3, -0.25) is 14.3 Å². The molecule has 6 nitrogen and oxygen atoms in total. The number of hydrogen-bond donors (Lipinski definition) is 2. The summed E-state index contributed by atoms with van der Waals surface area (Å²) in [5, 5.41) is 0.306. The highest BCUT2D eigenvalue weighted by atomic mass is 32.2.